The van der Waals surface area contributed by atoms with Crippen LogP contribution in [-0.2, 0) is 46.7 Å². The Kier molecular flexibility index (Phi) is 10.3. The number of aromatic nitrogens is 5. The van der Waals surface area contributed by atoms with E-state index in [4.69, 9.17) is 14.8 Å². The molecule has 6 nitrogen and oxygen atoms in total. The minimum absolute atomic E-state index is 0. The van der Waals surface area contributed by atoms with Crippen molar-refractivity contribution in [3.05, 3.63) is 174 Å². The smallest absolute Gasteiger partial charge is 0.509 e. The molecule has 292 valence electrons. The van der Waals surface area contributed by atoms with Gasteiger partial charge in [-0.05, 0) is 65.6 Å². The first-order chi connectivity index (χ1) is 28.6. The summed E-state index contributed by atoms with van der Waals surface area (Å²) in [6.45, 7) is 8.82. The zero-order valence-corrected chi connectivity index (χ0v) is 35.8. The predicted octanol–water partition coefficient (Wildman–Crippen LogP) is 12.8. The van der Waals surface area contributed by atoms with Crippen molar-refractivity contribution in [2.24, 2.45) is 0 Å². The molecule has 0 unspecified atom stereocenters. The molecule has 0 saturated heterocycles. The fraction of sp³-hybridized carbons (Fsp3) is 0.154. The van der Waals surface area contributed by atoms with Crippen molar-refractivity contribution in [1.29, 1.82) is 0 Å². The van der Waals surface area contributed by atoms with Crippen molar-refractivity contribution in [3.63, 3.8) is 0 Å². The Balaban J connectivity index is 0.00000449. The molecule has 0 spiro atoms. The predicted molar refractivity (Wildman–Crippen MR) is 237 cm³/mol. The van der Waals surface area contributed by atoms with Gasteiger partial charge in [-0.1, -0.05) is 118 Å². The molecule has 0 aliphatic heterocycles. The van der Waals surface area contributed by atoms with Crippen LogP contribution in [0, 0.1) is 12.1 Å². The van der Waals surface area contributed by atoms with E-state index in [0.717, 1.165) is 76.1 Å². The molecule has 4 heterocycles. The largest absolute Gasteiger partial charge is 2.00 e. The third-order valence-electron chi connectivity index (χ3n) is 11.5. The van der Waals surface area contributed by atoms with Crippen LogP contribution < -0.4 is 4.74 Å². The molecule has 7 heteroatoms. The average Bonchev–Trinajstić information content (AvgIpc) is 3.94. The number of hydrogen-bond acceptors (Lipinski definition) is 3. The monoisotopic (exact) mass is 948 g/mol. The molecule has 0 aliphatic carbocycles. The van der Waals surface area contributed by atoms with E-state index in [9.17, 15) is 0 Å². The van der Waals surface area contributed by atoms with E-state index in [2.05, 4.69) is 158 Å². The fourth-order valence-corrected chi connectivity index (χ4v) is 8.88. The van der Waals surface area contributed by atoms with E-state index in [0.29, 0.717) is 11.5 Å². The van der Waals surface area contributed by atoms with Gasteiger partial charge in [-0.2, -0.15) is 17.2 Å². The number of benzene rings is 6. The molecule has 0 N–H and O–H groups in total. The van der Waals surface area contributed by atoms with E-state index in [1.807, 2.05) is 35.1 Å². The van der Waals surface area contributed by atoms with Crippen molar-refractivity contribution < 1.29 is 25.8 Å². The molecule has 59 heavy (non-hydrogen) atoms. The molecule has 0 saturated carbocycles. The SMILES string of the molecule is CCc1nn(-c2[c-]c(Oc3[c-]c4c(cc3)c3ccccc3n4-c3cc(-n4c5c(CC)cccc5c5cccc(CC)c54)ccn3)ccc2)c(CC)c1-c1ccccc1.[Pt+2]. The van der Waals surface area contributed by atoms with Crippen LogP contribution in [0.1, 0.15) is 50.2 Å². The second kappa shape index (κ2) is 15.8. The van der Waals surface area contributed by atoms with Crippen molar-refractivity contribution in [3.8, 4) is 39.8 Å². The number of para-hydroxylation sites is 3. The van der Waals surface area contributed by atoms with Gasteiger partial charge in [-0.3, -0.25) is 4.68 Å². The number of ether oxygens (including phenoxy) is 1. The second-order valence-electron chi connectivity index (χ2n) is 14.7. The van der Waals surface area contributed by atoms with Gasteiger partial charge < -0.3 is 13.9 Å². The van der Waals surface area contributed by atoms with Crippen molar-refractivity contribution in [2.75, 3.05) is 0 Å². The first-order valence-corrected chi connectivity index (χ1v) is 20.4. The first kappa shape index (κ1) is 38.3. The Bertz CT molecular complexity index is 3090. The van der Waals surface area contributed by atoms with Crippen LogP contribution in [0.15, 0.2) is 140 Å². The van der Waals surface area contributed by atoms with Gasteiger partial charge in [-0.25, -0.2) is 4.98 Å². The topological polar surface area (TPSA) is 49.8 Å². The zero-order chi connectivity index (χ0) is 39.3. The summed E-state index contributed by atoms with van der Waals surface area (Å²) >= 11 is 0. The van der Waals surface area contributed by atoms with Crippen LogP contribution in [0.5, 0.6) is 11.5 Å². The van der Waals surface area contributed by atoms with Crippen molar-refractivity contribution in [2.45, 2.75) is 53.4 Å². The molecule has 6 aromatic carbocycles. The van der Waals surface area contributed by atoms with Crippen LogP contribution in [-0.4, -0.2) is 23.9 Å². The second-order valence-corrected chi connectivity index (χ2v) is 14.7. The van der Waals surface area contributed by atoms with Gasteiger partial charge in [0.15, 0.2) is 0 Å². The number of rotatable bonds is 10. The summed E-state index contributed by atoms with van der Waals surface area (Å²) in [4.78, 5) is 5.02. The Morgan fingerprint density at radius 1 is 0.576 bits per heavy atom. The Hall–Kier alpha value is -6.23. The maximum absolute atomic E-state index is 6.60. The molecule has 0 atom stereocenters. The number of nitrogens with zero attached hydrogens (tertiary/aromatic N) is 5. The molecule has 0 amide bonds. The van der Waals surface area contributed by atoms with Crippen LogP contribution in [0.3, 0.4) is 0 Å². The molecule has 10 aromatic rings. The summed E-state index contributed by atoms with van der Waals surface area (Å²) < 4.78 is 13.3. The molecule has 0 fully saturated rings. The zero-order valence-electron chi connectivity index (χ0n) is 33.6. The molecular weight excluding hydrogens is 906 g/mol. The summed E-state index contributed by atoms with van der Waals surface area (Å²) in [7, 11) is 0. The van der Waals surface area contributed by atoms with E-state index in [1.165, 1.54) is 44.1 Å². The number of fused-ring (bicyclic) bond motifs is 6. The summed E-state index contributed by atoms with van der Waals surface area (Å²) in [6.07, 6.45) is 5.47. The Labute approximate surface area is 359 Å². The van der Waals surface area contributed by atoms with Crippen molar-refractivity contribution in [1.82, 2.24) is 23.9 Å². The van der Waals surface area contributed by atoms with Gasteiger partial charge in [0.1, 0.15) is 5.82 Å². The molecule has 10 rings (SSSR count). The van der Waals surface area contributed by atoms with Crippen LogP contribution in [0.2, 0.25) is 0 Å². The molecule has 0 aliphatic rings. The summed E-state index contributed by atoms with van der Waals surface area (Å²) in [5, 5.41) is 9.85. The first-order valence-electron chi connectivity index (χ1n) is 20.4. The van der Waals surface area contributed by atoms with E-state index in [-0.39, 0.29) is 21.1 Å². The number of pyridine rings is 1. The fourth-order valence-electron chi connectivity index (χ4n) is 8.88. The van der Waals surface area contributed by atoms with Crippen LogP contribution in [0.25, 0.3) is 71.9 Å². The third kappa shape index (κ3) is 6.38. The summed E-state index contributed by atoms with van der Waals surface area (Å²) in [6, 6.07) is 54.1. The van der Waals surface area contributed by atoms with Gasteiger partial charge in [-0.15, -0.1) is 35.7 Å². The van der Waals surface area contributed by atoms with Crippen LogP contribution >= 0.6 is 0 Å². The van der Waals surface area contributed by atoms with Gasteiger partial charge in [0.05, 0.1) is 22.4 Å². The van der Waals surface area contributed by atoms with Gasteiger partial charge in [0, 0.05) is 51.3 Å². The Morgan fingerprint density at radius 3 is 1.97 bits per heavy atom. The maximum atomic E-state index is 6.60. The minimum atomic E-state index is 0. The van der Waals surface area contributed by atoms with Gasteiger partial charge in [0.2, 0.25) is 0 Å². The molecule has 0 radical (unpaired) electrons. The number of hydrogen-bond donors (Lipinski definition) is 0. The molecule has 4 aromatic heterocycles. The minimum Gasteiger partial charge on any atom is -0.509 e. The van der Waals surface area contributed by atoms with E-state index >= 15 is 0 Å². The van der Waals surface area contributed by atoms with E-state index < -0.39 is 0 Å². The normalized spacial score (nSPS) is 11.5. The standard InChI is InChI=1S/C52H43N5O.Pt/c1-5-34-19-14-24-43-44-25-15-20-35(6-2)52(44)55(51(34)43)37-29-30-53-49(32-37)56-47-26-13-12-23-41(47)42-28-27-40(33-48(42)56)58-39-22-16-21-38(31-39)57-46(8-4)50(45(7-3)54-57)36-17-10-9-11-18-36;/h9-30,32H,5-8H2,1-4H3;/q-2;+2. The molecule has 0 bridgehead atoms. The van der Waals surface area contributed by atoms with Crippen molar-refractivity contribution >= 4 is 43.6 Å². The van der Waals surface area contributed by atoms with Crippen LogP contribution in [0.4, 0.5) is 0 Å². The summed E-state index contributed by atoms with van der Waals surface area (Å²) in [5.74, 6) is 2.01. The quantitative estimate of drug-likeness (QED) is 0.128. The van der Waals surface area contributed by atoms with E-state index in [1.54, 1.807) is 0 Å². The maximum Gasteiger partial charge on any atom is 2.00 e. The van der Waals surface area contributed by atoms with Gasteiger partial charge >= 0.3 is 21.1 Å². The van der Waals surface area contributed by atoms with Gasteiger partial charge in [0.25, 0.3) is 0 Å². The average molecular weight is 949 g/mol. The summed E-state index contributed by atoms with van der Waals surface area (Å²) in [5.41, 5.74) is 13.6. The Morgan fingerprint density at radius 2 is 1.25 bits per heavy atom. The number of aryl methyl sites for hydroxylation is 3. The third-order valence-corrected chi connectivity index (χ3v) is 11.5. The molecular formula is C52H43N5OPt.